The fourth-order valence-electron chi connectivity index (χ4n) is 2.81. The molecule has 0 bridgehead atoms. The maximum absolute atomic E-state index is 12.2. The standard InChI is InChI=1S/C19H20N4O2/c1-13-22-16-12-14(19(25)21-11-5-8-18(20)24)9-10-17(16)23(13)15-6-3-2-4-7-15/h2-4,6-7,9-10,12H,5,8,11H2,1H3,(H2,20,24)(H,21,25). The van der Waals surface area contributed by atoms with Crippen molar-refractivity contribution in [3.8, 4) is 5.69 Å². The van der Waals surface area contributed by atoms with Crippen LogP contribution in [-0.2, 0) is 4.79 Å². The van der Waals surface area contributed by atoms with Gasteiger partial charge in [-0.15, -0.1) is 0 Å². The molecule has 2 aromatic carbocycles. The Balaban J connectivity index is 1.82. The number of fused-ring (bicyclic) bond motifs is 1. The third-order valence-corrected chi connectivity index (χ3v) is 3.98. The van der Waals surface area contributed by atoms with Gasteiger partial charge in [0.1, 0.15) is 5.82 Å². The molecule has 3 aromatic rings. The Kier molecular flexibility index (Phi) is 4.79. The van der Waals surface area contributed by atoms with Crippen molar-refractivity contribution in [2.75, 3.05) is 6.54 Å². The summed E-state index contributed by atoms with van der Waals surface area (Å²) in [5, 5.41) is 2.79. The molecular formula is C19H20N4O2. The topological polar surface area (TPSA) is 90.0 Å². The molecule has 0 saturated carbocycles. The molecule has 0 atom stereocenters. The molecule has 25 heavy (non-hydrogen) atoms. The number of hydrogen-bond donors (Lipinski definition) is 2. The number of amides is 2. The van der Waals surface area contributed by atoms with E-state index < -0.39 is 0 Å². The van der Waals surface area contributed by atoms with Gasteiger partial charge in [-0.05, 0) is 43.7 Å². The first kappa shape index (κ1) is 16.7. The van der Waals surface area contributed by atoms with E-state index in [0.717, 1.165) is 22.5 Å². The zero-order chi connectivity index (χ0) is 17.8. The van der Waals surface area contributed by atoms with E-state index in [1.165, 1.54) is 0 Å². The first-order chi connectivity index (χ1) is 12.1. The third-order valence-electron chi connectivity index (χ3n) is 3.98. The molecule has 0 saturated heterocycles. The van der Waals surface area contributed by atoms with Gasteiger partial charge < -0.3 is 11.1 Å². The zero-order valence-corrected chi connectivity index (χ0v) is 14.0. The van der Waals surface area contributed by atoms with Gasteiger partial charge in [0.2, 0.25) is 5.91 Å². The van der Waals surface area contributed by atoms with Gasteiger partial charge in [0.15, 0.2) is 0 Å². The summed E-state index contributed by atoms with van der Waals surface area (Å²) in [7, 11) is 0. The molecule has 0 fully saturated rings. The number of aryl methyl sites for hydroxylation is 1. The number of hydrogen-bond acceptors (Lipinski definition) is 3. The van der Waals surface area contributed by atoms with Gasteiger partial charge in [-0.1, -0.05) is 18.2 Å². The largest absolute Gasteiger partial charge is 0.370 e. The number of rotatable bonds is 6. The van der Waals surface area contributed by atoms with Crippen LogP contribution in [0.3, 0.4) is 0 Å². The van der Waals surface area contributed by atoms with Gasteiger partial charge in [0.05, 0.1) is 11.0 Å². The SMILES string of the molecule is Cc1nc2cc(C(=O)NCCCC(N)=O)ccc2n1-c1ccccc1. The minimum atomic E-state index is -0.363. The van der Waals surface area contributed by atoms with Crippen LogP contribution in [0.2, 0.25) is 0 Å². The molecule has 1 heterocycles. The van der Waals surface area contributed by atoms with E-state index in [0.29, 0.717) is 18.5 Å². The Labute approximate surface area is 145 Å². The summed E-state index contributed by atoms with van der Waals surface area (Å²) in [6, 6.07) is 15.4. The number of nitrogens with two attached hydrogens (primary N) is 1. The highest BCUT2D eigenvalue weighted by atomic mass is 16.2. The van der Waals surface area contributed by atoms with E-state index in [4.69, 9.17) is 5.73 Å². The van der Waals surface area contributed by atoms with Gasteiger partial charge in [-0.2, -0.15) is 0 Å². The van der Waals surface area contributed by atoms with E-state index in [9.17, 15) is 9.59 Å². The van der Waals surface area contributed by atoms with Crippen LogP contribution in [0.1, 0.15) is 29.0 Å². The van der Waals surface area contributed by atoms with Gasteiger partial charge in [0.25, 0.3) is 5.91 Å². The smallest absolute Gasteiger partial charge is 0.251 e. The number of carbonyl (C=O) groups is 2. The second-order valence-corrected chi connectivity index (χ2v) is 5.86. The van der Waals surface area contributed by atoms with E-state index >= 15 is 0 Å². The highest BCUT2D eigenvalue weighted by Crippen LogP contribution is 2.22. The van der Waals surface area contributed by atoms with Crippen LogP contribution < -0.4 is 11.1 Å². The van der Waals surface area contributed by atoms with Crippen LogP contribution in [0, 0.1) is 6.92 Å². The highest BCUT2D eigenvalue weighted by molar-refractivity contribution is 5.97. The van der Waals surface area contributed by atoms with Crippen molar-refractivity contribution in [1.82, 2.24) is 14.9 Å². The summed E-state index contributed by atoms with van der Waals surface area (Å²) < 4.78 is 2.06. The molecule has 0 spiro atoms. The quantitative estimate of drug-likeness (QED) is 0.677. The van der Waals surface area contributed by atoms with Crippen LogP contribution >= 0.6 is 0 Å². The Hall–Kier alpha value is -3.15. The summed E-state index contributed by atoms with van der Waals surface area (Å²) >= 11 is 0. The van der Waals surface area contributed by atoms with Crippen molar-refractivity contribution in [1.29, 1.82) is 0 Å². The molecule has 0 unspecified atom stereocenters. The van der Waals surface area contributed by atoms with Crippen molar-refractivity contribution in [3.63, 3.8) is 0 Å². The lowest BCUT2D eigenvalue weighted by atomic mass is 10.1. The van der Waals surface area contributed by atoms with Crippen molar-refractivity contribution in [2.45, 2.75) is 19.8 Å². The predicted molar refractivity (Wildman–Crippen MR) is 96.6 cm³/mol. The van der Waals surface area contributed by atoms with Crippen LogP contribution in [0.25, 0.3) is 16.7 Å². The van der Waals surface area contributed by atoms with Gasteiger partial charge in [-0.3, -0.25) is 14.2 Å². The molecule has 128 valence electrons. The van der Waals surface area contributed by atoms with Gasteiger partial charge in [0, 0.05) is 24.2 Å². The molecule has 1 aromatic heterocycles. The van der Waals surface area contributed by atoms with Crippen molar-refractivity contribution >= 4 is 22.8 Å². The number of carbonyl (C=O) groups excluding carboxylic acids is 2. The van der Waals surface area contributed by atoms with E-state index in [1.807, 2.05) is 43.3 Å². The Bertz CT molecular complexity index is 916. The fraction of sp³-hybridized carbons (Fsp3) is 0.211. The molecule has 0 aliphatic carbocycles. The molecule has 3 N–H and O–H groups in total. The normalized spacial score (nSPS) is 10.8. The molecular weight excluding hydrogens is 316 g/mol. The zero-order valence-electron chi connectivity index (χ0n) is 14.0. The van der Waals surface area contributed by atoms with Crippen LogP contribution in [0.15, 0.2) is 48.5 Å². The molecule has 6 heteroatoms. The first-order valence-corrected chi connectivity index (χ1v) is 8.17. The average Bonchev–Trinajstić information content (AvgIpc) is 2.94. The van der Waals surface area contributed by atoms with E-state index in [2.05, 4.69) is 14.9 Å². The minimum Gasteiger partial charge on any atom is -0.370 e. The molecule has 2 amide bonds. The molecule has 3 rings (SSSR count). The van der Waals surface area contributed by atoms with Gasteiger partial charge >= 0.3 is 0 Å². The predicted octanol–water partition coefficient (Wildman–Crippen LogP) is 2.33. The summed E-state index contributed by atoms with van der Waals surface area (Å²) in [5.41, 5.74) is 8.39. The maximum atomic E-state index is 12.2. The number of nitrogens with one attached hydrogen (secondary N) is 1. The van der Waals surface area contributed by atoms with Crippen LogP contribution in [0.5, 0.6) is 0 Å². The minimum absolute atomic E-state index is 0.182. The maximum Gasteiger partial charge on any atom is 0.251 e. The summed E-state index contributed by atoms with van der Waals surface area (Å²) in [4.78, 5) is 27.5. The van der Waals surface area contributed by atoms with Crippen molar-refractivity contribution < 1.29 is 9.59 Å². The third kappa shape index (κ3) is 3.68. The Morgan fingerprint density at radius 3 is 2.64 bits per heavy atom. The Morgan fingerprint density at radius 2 is 1.92 bits per heavy atom. The number of benzene rings is 2. The van der Waals surface area contributed by atoms with Crippen LogP contribution in [-0.4, -0.2) is 27.9 Å². The second-order valence-electron chi connectivity index (χ2n) is 5.86. The number of aromatic nitrogens is 2. The summed E-state index contributed by atoms with van der Waals surface area (Å²) in [5.74, 6) is 0.316. The molecule has 0 aliphatic rings. The highest BCUT2D eigenvalue weighted by Gasteiger charge is 2.12. The van der Waals surface area contributed by atoms with Crippen molar-refractivity contribution in [2.24, 2.45) is 5.73 Å². The molecule has 0 radical (unpaired) electrons. The lowest BCUT2D eigenvalue weighted by Gasteiger charge is -2.07. The molecule has 0 aliphatic heterocycles. The second kappa shape index (κ2) is 7.17. The number of para-hydroxylation sites is 1. The first-order valence-electron chi connectivity index (χ1n) is 8.17. The lowest BCUT2D eigenvalue weighted by Crippen LogP contribution is -2.25. The lowest BCUT2D eigenvalue weighted by molar-refractivity contribution is -0.118. The van der Waals surface area contributed by atoms with Crippen molar-refractivity contribution in [3.05, 3.63) is 59.9 Å². The average molecular weight is 336 g/mol. The van der Waals surface area contributed by atoms with E-state index in [1.54, 1.807) is 12.1 Å². The summed E-state index contributed by atoms with van der Waals surface area (Å²) in [6.45, 7) is 2.36. The van der Waals surface area contributed by atoms with Gasteiger partial charge in [-0.25, -0.2) is 4.98 Å². The number of nitrogens with zero attached hydrogens (tertiary/aromatic N) is 2. The Morgan fingerprint density at radius 1 is 1.16 bits per heavy atom. The molecule has 6 nitrogen and oxygen atoms in total. The van der Waals surface area contributed by atoms with E-state index in [-0.39, 0.29) is 18.2 Å². The number of imidazole rings is 1. The van der Waals surface area contributed by atoms with Crippen LogP contribution in [0.4, 0.5) is 0 Å². The monoisotopic (exact) mass is 336 g/mol. The summed E-state index contributed by atoms with van der Waals surface area (Å²) in [6.07, 6.45) is 0.797. The number of primary amides is 1. The fourth-order valence-corrected chi connectivity index (χ4v) is 2.81.